The molecule has 0 radical (unpaired) electrons. The van der Waals surface area contributed by atoms with Gasteiger partial charge < -0.3 is 4.90 Å². The first-order chi connectivity index (χ1) is 10.1. The Kier molecular flexibility index (Phi) is 5.14. The van der Waals surface area contributed by atoms with Crippen molar-refractivity contribution in [2.45, 2.75) is 72.6 Å². The number of hydrogen-bond acceptors (Lipinski definition) is 3. The number of piperidine rings is 1. The number of anilines is 1. The molecule has 0 aliphatic carbocycles. The first-order valence-corrected chi connectivity index (χ1v) is 8.73. The standard InChI is InChI=1S/C19H33N3/c1-18(2,3)10-7-15-8-11-22(12-9-15)17-20-13-16(14-21-17)19(4,5)6/h13-15H,7-12H2,1-6H3. The molecular formula is C19H33N3. The average Bonchev–Trinajstić information content (AvgIpc) is 2.44. The summed E-state index contributed by atoms with van der Waals surface area (Å²) in [5, 5.41) is 0. The summed E-state index contributed by atoms with van der Waals surface area (Å²) in [6, 6.07) is 0. The molecule has 0 amide bonds. The van der Waals surface area contributed by atoms with Crippen molar-refractivity contribution < 1.29 is 0 Å². The minimum atomic E-state index is 0.123. The zero-order valence-corrected chi connectivity index (χ0v) is 15.3. The van der Waals surface area contributed by atoms with Gasteiger partial charge in [-0.3, -0.25) is 0 Å². The number of nitrogens with zero attached hydrogens (tertiary/aromatic N) is 3. The fraction of sp³-hybridized carbons (Fsp3) is 0.789. The first-order valence-electron chi connectivity index (χ1n) is 8.73. The first kappa shape index (κ1) is 17.2. The van der Waals surface area contributed by atoms with E-state index in [1.807, 2.05) is 12.4 Å². The van der Waals surface area contributed by atoms with Crippen molar-refractivity contribution in [2.24, 2.45) is 11.3 Å². The Morgan fingerprint density at radius 3 is 2.00 bits per heavy atom. The molecule has 1 aliphatic rings. The third kappa shape index (κ3) is 4.96. The van der Waals surface area contributed by atoms with Crippen LogP contribution in [-0.4, -0.2) is 23.1 Å². The van der Waals surface area contributed by atoms with Gasteiger partial charge in [-0.15, -0.1) is 0 Å². The maximum Gasteiger partial charge on any atom is 0.225 e. The van der Waals surface area contributed by atoms with Crippen molar-refractivity contribution in [3.05, 3.63) is 18.0 Å². The fourth-order valence-electron chi connectivity index (χ4n) is 2.93. The zero-order chi connectivity index (χ0) is 16.4. The molecule has 0 bridgehead atoms. The van der Waals surface area contributed by atoms with Crippen LogP contribution in [0.3, 0.4) is 0 Å². The summed E-state index contributed by atoms with van der Waals surface area (Å²) in [6.45, 7) is 15.8. The molecule has 0 N–H and O–H groups in total. The highest BCUT2D eigenvalue weighted by atomic mass is 15.2. The van der Waals surface area contributed by atoms with E-state index < -0.39 is 0 Å². The van der Waals surface area contributed by atoms with Crippen LogP contribution in [0.2, 0.25) is 0 Å². The topological polar surface area (TPSA) is 29.0 Å². The molecule has 2 rings (SSSR count). The van der Waals surface area contributed by atoms with E-state index in [0.717, 1.165) is 25.0 Å². The van der Waals surface area contributed by atoms with Gasteiger partial charge in [0, 0.05) is 25.5 Å². The van der Waals surface area contributed by atoms with Gasteiger partial charge in [0.15, 0.2) is 0 Å². The van der Waals surface area contributed by atoms with Gasteiger partial charge in [-0.05, 0) is 48.0 Å². The van der Waals surface area contributed by atoms with Crippen molar-refractivity contribution in [3.8, 4) is 0 Å². The number of hydrogen-bond donors (Lipinski definition) is 0. The van der Waals surface area contributed by atoms with Crippen molar-refractivity contribution in [1.82, 2.24) is 9.97 Å². The van der Waals surface area contributed by atoms with Crippen LogP contribution in [0.25, 0.3) is 0 Å². The highest BCUT2D eigenvalue weighted by Gasteiger charge is 2.23. The van der Waals surface area contributed by atoms with Gasteiger partial charge in [0.25, 0.3) is 0 Å². The van der Waals surface area contributed by atoms with Gasteiger partial charge in [0.2, 0.25) is 5.95 Å². The molecule has 1 aromatic rings. The van der Waals surface area contributed by atoms with Gasteiger partial charge in [-0.1, -0.05) is 41.5 Å². The Bertz CT molecular complexity index is 457. The van der Waals surface area contributed by atoms with Gasteiger partial charge in [-0.25, -0.2) is 9.97 Å². The van der Waals surface area contributed by atoms with E-state index in [9.17, 15) is 0 Å². The molecule has 0 unspecified atom stereocenters. The van der Waals surface area contributed by atoms with E-state index in [2.05, 4.69) is 56.4 Å². The van der Waals surface area contributed by atoms with Crippen molar-refractivity contribution in [3.63, 3.8) is 0 Å². The SMILES string of the molecule is CC(C)(C)CCC1CCN(c2ncc(C(C)(C)C)cn2)CC1. The summed E-state index contributed by atoms with van der Waals surface area (Å²) in [5.74, 6) is 1.78. The van der Waals surface area contributed by atoms with E-state index in [1.54, 1.807) is 0 Å². The van der Waals surface area contributed by atoms with Crippen LogP contribution in [0.15, 0.2) is 12.4 Å². The second-order valence-electron chi connectivity index (χ2n) is 9.05. The number of aromatic nitrogens is 2. The Morgan fingerprint density at radius 2 is 1.55 bits per heavy atom. The molecule has 22 heavy (non-hydrogen) atoms. The lowest BCUT2D eigenvalue weighted by molar-refractivity contribution is 0.291. The van der Waals surface area contributed by atoms with Crippen LogP contribution >= 0.6 is 0 Å². The minimum Gasteiger partial charge on any atom is -0.341 e. The summed E-state index contributed by atoms with van der Waals surface area (Å²) >= 11 is 0. The second kappa shape index (κ2) is 6.55. The fourth-order valence-corrected chi connectivity index (χ4v) is 2.93. The highest BCUT2D eigenvalue weighted by molar-refractivity contribution is 5.31. The smallest absolute Gasteiger partial charge is 0.225 e. The molecular weight excluding hydrogens is 270 g/mol. The molecule has 0 spiro atoms. The van der Waals surface area contributed by atoms with Crippen molar-refractivity contribution in [1.29, 1.82) is 0 Å². The monoisotopic (exact) mass is 303 g/mol. The molecule has 124 valence electrons. The Balaban J connectivity index is 1.86. The quantitative estimate of drug-likeness (QED) is 0.802. The molecule has 0 atom stereocenters. The summed E-state index contributed by atoms with van der Waals surface area (Å²) in [4.78, 5) is 11.5. The molecule has 0 aromatic carbocycles. The maximum atomic E-state index is 4.59. The summed E-state index contributed by atoms with van der Waals surface area (Å²) in [6.07, 6.45) is 9.23. The van der Waals surface area contributed by atoms with E-state index in [0.29, 0.717) is 5.41 Å². The summed E-state index contributed by atoms with van der Waals surface area (Å²) in [5.41, 5.74) is 1.79. The third-order valence-corrected chi connectivity index (χ3v) is 4.70. The van der Waals surface area contributed by atoms with Crippen LogP contribution in [0.4, 0.5) is 5.95 Å². The molecule has 3 nitrogen and oxygen atoms in total. The van der Waals surface area contributed by atoms with Crippen LogP contribution in [0, 0.1) is 11.3 Å². The van der Waals surface area contributed by atoms with Crippen LogP contribution in [-0.2, 0) is 5.41 Å². The van der Waals surface area contributed by atoms with Gasteiger partial charge in [0.05, 0.1) is 0 Å². The van der Waals surface area contributed by atoms with Crippen molar-refractivity contribution >= 4 is 5.95 Å². The molecule has 1 aliphatic heterocycles. The van der Waals surface area contributed by atoms with E-state index in [4.69, 9.17) is 0 Å². The van der Waals surface area contributed by atoms with Crippen LogP contribution in [0.1, 0.15) is 72.8 Å². The van der Waals surface area contributed by atoms with Crippen LogP contribution in [0.5, 0.6) is 0 Å². The molecule has 1 aromatic heterocycles. The normalized spacial score (nSPS) is 17.8. The van der Waals surface area contributed by atoms with E-state index >= 15 is 0 Å². The molecule has 0 saturated carbocycles. The lowest BCUT2D eigenvalue weighted by Gasteiger charge is -2.33. The average molecular weight is 303 g/mol. The highest BCUT2D eigenvalue weighted by Crippen LogP contribution is 2.30. The molecule has 1 fully saturated rings. The van der Waals surface area contributed by atoms with Crippen LogP contribution < -0.4 is 4.90 Å². The van der Waals surface area contributed by atoms with E-state index in [-0.39, 0.29) is 5.41 Å². The number of rotatable bonds is 3. The Morgan fingerprint density at radius 1 is 1.00 bits per heavy atom. The van der Waals surface area contributed by atoms with Gasteiger partial charge >= 0.3 is 0 Å². The Labute approximate surface area is 136 Å². The molecule has 2 heterocycles. The van der Waals surface area contributed by atoms with Gasteiger partial charge in [-0.2, -0.15) is 0 Å². The summed E-state index contributed by atoms with van der Waals surface area (Å²) < 4.78 is 0. The van der Waals surface area contributed by atoms with Gasteiger partial charge in [0.1, 0.15) is 0 Å². The maximum absolute atomic E-state index is 4.59. The lowest BCUT2D eigenvalue weighted by Crippen LogP contribution is -2.35. The molecule has 1 saturated heterocycles. The molecule has 3 heteroatoms. The van der Waals surface area contributed by atoms with Crippen molar-refractivity contribution in [2.75, 3.05) is 18.0 Å². The van der Waals surface area contributed by atoms with E-state index in [1.165, 1.54) is 31.2 Å². The predicted molar refractivity (Wildman–Crippen MR) is 94.4 cm³/mol. The second-order valence-corrected chi connectivity index (χ2v) is 9.05. The zero-order valence-electron chi connectivity index (χ0n) is 15.3. The Hall–Kier alpha value is -1.12. The summed E-state index contributed by atoms with van der Waals surface area (Å²) in [7, 11) is 0. The third-order valence-electron chi connectivity index (χ3n) is 4.70. The minimum absolute atomic E-state index is 0.123. The lowest BCUT2D eigenvalue weighted by atomic mass is 9.83. The predicted octanol–water partition coefficient (Wildman–Crippen LogP) is 4.82. The largest absolute Gasteiger partial charge is 0.341 e.